The van der Waals surface area contributed by atoms with Crippen molar-refractivity contribution in [2.45, 2.75) is 45.4 Å². The lowest BCUT2D eigenvalue weighted by atomic mass is 10.1. The Hall–Kier alpha value is 0.160. The summed E-state index contributed by atoms with van der Waals surface area (Å²) in [7, 11) is -2.98. The van der Waals surface area contributed by atoms with Crippen LogP contribution in [-0.2, 0) is 10.0 Å². The van der Waals surface area contributed by atoms with Crippen molar-refractivity contribution in [2.75, 3.05) is 31.9 Å². The molecule has 0 aliphatic carbocycles. The van der Waals surface area contributed by atoms with E-state index in [0.29, 0.717) is 18.8 Å². The fraction of sp³-hybridized carbons (Fsp3) is 1.00. The van der Waals surface area contributed by atoms with Gasteiger partial charge in [0.15, 0.2) is 0 Å². The van der Waals surface area contributed by atoms with Crippen LogP contribution in [0.5, 0.6) is 0 Å². The molecule has 0 unspecified atom stereocenters. The Morgan fingerprint density at radius 3 is 2.17 bits per heavy atom. The number of nitrogens with one attached hydrogen (secondary N) is 1. The molecule has 0 radical (unpaired) electrons. The van der Waals surface area contributed by atoms with Gasteiger partial charge in [-0.3, -0.25) is 0 Å². The second kappa shape index (κ2) is 10.0. The molecule has 1 saturated heterocycles. The minimum absolute atomic E-state index is 0. The van der Waals surface area contributed by atoms with E-state index < -0.39 is 10.0 Å². The van der Waals surface area contributed by atoms with Crippen LogP contribution in [0.1, 0.15) is 45.4 Å². The summed E-state index contributed by atoms with van der Waals surface area (Å²) in [6.45, 7) is 5.04. The quantitative estimate of drug-likeness (QED) is 0.697. The van der Waals surface area contributed by atoms with E-state index in [9.17, 15) is 8.42 Å². The minimum atomic E-state index is -2.98. The van der Waals surface area contributed by atoms with E-state index in [-0.39, 0.29) is 12.4 Å². The van der Waals surface area contributed by atoms with Crippen molar-refractivity contribution >= 4 is 22.4 Å². The van der Waals surface area contributed by atoms with E-state index in [2.05, 4.69) is 12.2 Å². The lowest BCUT2D eigenvalue weighted by Crippen LogP contribution is -2.47. The summed E-state index contributed by atoms with van der Waals surface area (Å²) >= 11 is 0. The predicted octanol–water partition coefficient (Wildman–Crippen LogP) is 2.00. The van der Waals surface area contributed by atoms with Gasteiger partial charge in [-0.25, -0.2) is 8.42 Å². The van der Waals surface area contributed by atoms with E-state index in [4.69, 9.17) is 0 Å². The maximum atomic E-state index is 12.0. The molecule has 1 heterocycles. The normalized spacial score (nSPS) is 17.4. The van der Waals surface area contributed by atoms with Crippen molar-refractivity contribution in [1.82, 2.24) is 9.62 Å². The molecule has 0 amide bonds. The molecule has 0 aromatic rings. The van der Waals surface area contributed by atoms with Gasteiger partial charge in [-0.15, -0.1) is 12.4 Å². The van der Waals surface area contributed by atoms with Gasteiger partial charge in [-0.2, -0.15) is 4.31 Å². The second-order valence-electron chi connectivity index (χ2n) is 4.73. The topological polar surface area (TPSA) is 49.4 Å². The molecular formula is C12H27ClN2O2S. The Morgan fingerprint density at radius 2 is 1.56 bits per heavy atom. The van der Waals surface area contributed by atoms with Crippen LogP contribution < -0.4 is 5.32 Å². The van der Waals surface area contributed by atoms with Gasteiger partial charge in [0.1, 0.15) is 0 Å². The summed E-state index contributed by atoms with van der Waals surface area (Å²) in [5.41, 5.74) is 0. The first-order valence-corrected chi connectivity index (χ1v) is 8.46. The summed E-state index contributed by atoms with van der Waals surface area (Å²) in [6, 6.07) is 0. The van der Waals surface area contributed by atoms with Gasteiger partial charge in [0.05, 0.1) is 5.75 Å². The van der Waals surface area contributed by atoms with Crippen molar-refractivity contribution in [3.8, 4) is 0 Å². The van der Waals surface area contributed by atoms with Gasteiger partial charge in [-0.05, 0) is 6.42 Å². The van der Waals surface area contributed by atoms with Crippen molar-refractivity contribution in [3.63, 3.8) is 0 Å². The van der Waals surface area contributed by atoms with Gasteiger partial charge < -0.3 is 5.32 Å². The van der Waals surface area contributed by atoms with Gasteiger partial charge >= 0.3 is 0 Å². The van der Waals surface area contributed by atoms with Crippen LogP contribution in [0, 0.1) is 0 Å². The van der Waals surface area contributed by atoms with Gasteiger partial charge in [0.2, 0.25) is 10.0 Å². The van der Waals surface area contributed by atoms with E-state index in [1.165, 1.54) is 25.7 Å². The van der Waals surface area contributed by atoms with E-state index in [1.54, 1.807) is 4.31 Å². The molecule has 1 rings (SSSR count). The molecule has 1 aliphatic heterocycles. The van der Waals surface area contributed by atoms with Gasteiger partial charge in [-0.1, -0.05) is 39.0 Å². The third-order valence-corrected chi connectivity index (χ3v) is 5.18. The van der Waals surface area contributed by atoms with E-state index in [1.807, 2.05) is 0 Å². The van der Waals surface area contributed by atoms with Crippen molar-refractivity contribution in [3.05, 3.63) is 0 Å². The zero-order valence-electron chi connectivity index (χ0n) is 11.4. The van der Waals surface area contributed by atoms with Crippen LogP contribution >= 0.6 is 12.4 Å². The summed E-state index contributed by atoms with van der Waals surface area (Å²) < 4.78 is 25.6. The third-order valence-electron chi connectivity index (χ3n) is 3.23. The van der Waals surface area contributed by atoms with Gasteiger partial charge in [0, 0.05) is 26.2 Å². The predicted molar refractivity (Wildman–Crippen MR) is 78.9 cm³/mol. The number of piperazine rings is 1. The number of rotatable bonds is 8. The monoisotopic (exact) mass is 298 g/mol. The molecule has 0 atom stereocenters. The Labute approximate surface area is 118 Å². The zero-order valence-corrected chi connectivity index (χ0v) is 13.0. The summed E-state index contributed by atoms with van der Waals surface area (Å²) in [5.74, 6) is 0.332. The largest absolute Gasteiger partial charge is 0.314 e. The lowest BCUT2D eigenvalue weighted by molar-refractivity contribution is 0.359. The molecule has 110 valence electrons. The highest BCUT2D eigenvalue weighted by atomic mass is 35.5. The molecule has 1 N–H and O–H groups in total. The van der Waals surface area contributed by atoms with Crippen LogP contribution in [0.25, 0.3) is 0 Å². The Morgan fingerprint density at radius 1 is 1.00 bits per heavy atom. The summed E-state index contributed by atoms with van der Waals surface area (Å²) in [5, 5.41) is 3.17. The standard InChI is InChI=1S/C12H26N2O2S.ClH/c1-2-3-4-5-6-7-12-17(15,16)14-10-8-13-9-11-14;/h13H,2-12H2,1H3;1H. The van der Waals surface area contributed by atoms with Crippen LogP contribution in [0.15, 0.2) is 0 Å². The highest BCUT2D eigenvalue weighted by Gasteiger charge is 2.22. The molecule has 0 aromatic carbocycles. The molecule has 0 saturated carbocycles. The van der Waals surface area contributed by atoms with Crippen LogP contribution in [0.4, 0.5) is 0 Å². The van der Waals surface area contributed by atoms with E-state index >= 15 is 0 Å². The maximum absolute atomic E-state index is 12.0. The molecule has 1 fully saturated rings. The van der Waals surface area contributed by atoms with Crippen molar-refractivity contribution in [1.29, 1.82) is 0 Å². The van der Waals surface area contributed by atoms with Crippen molar-refractivity contribution in [2.24, 2.45) is 0 Å². The maximum Gasteiger partial charge on any atom is 0.214 e. The Balaban J connectivity index is 0.00000289. The van der Waals surface area contributed by atoms with Gasteiger partial charge in [0.25, 0.3) is 0 Å². The second-order valence-corrected chi connectivity index (χ2v) is 6.82. The number of nitrogens with zero attached hydrogens (tertiary/aromatic N) is 1. The first kappa shape index (κ1) is 18.2. The van der Waals surface area contributed by atoms with Crippen molar-refractivity contribution < 1.29 is 8.42 Å². The third kappa shape index (κ3) is 6.92. The molecule has 0 spiro atoms. The summed E-state index contributed by atoms with van der Waals surface area (Å²) in [6.07, 6.45) is 6.78. The zero-order chi connectivity index (χ0) is 12.6. The first-order valence-electron chi connectivity index (χ1n) is 6.85. The minimum Gasteiger partial charge on any atom is -0.314 e. The number of unbranched alkanes of at least 4 members (excludes halogenated alkanes) is 5. The molecular weight excluding hydrogens is 272 g/mol. The highest BCUT2D eigenvalue weighted by molar-refractivity contribution is 7.89. The van der Waals surface area contributed by atoms with Crippen LogP contribution in [0.3, 0.4) is 0 Å². The SMILES string of the molecule is CCCCCCCCS(=O)(=O)N1CCNCC1.Cl. The number of hydrogen-bond donors (Lipinski definition) is 1. The molecule has 18 heavy (non-hydrogen) atoms. The highest BCUT2D eigenvalue weighted by Crippen LogP contribution is 2.09. The van der Waals surface area contributed by atoms with Crippen LogP contribution in [0.2, 0.25) is 0 Å². The number of sulfonamides is 1. The fourth-order valence-corrected chi connectivity index (χ4v) is 3.68. The Kier molecular flexibility index (Phi) is 10.1. The molecule has 1 aliphatic rings. The summed E-state index contributed by atoms with van der Waals surface area (Å²) in [4.78, 5) is 0. The average Bonchev–Trinajstić information content (AvgIpc) is 2.35. The molecule has 4 nitrogen and oxygen atoms in total. The first-order chi connectivity index (χ1) is 8.17. The fourth-order valence-electron chi connectivity index (χ4n) is 2.12. The molecule has 0 aromatic heterocycles. The van der Waals surface area contributed by atoms with Crippen LogP contribution in [-0.4, -0.2) is 44.7 Å². The average molecular weight is 299 g/mol. The smallest absolute Gasteiger partial charge is 0.214 e. The van der Waals surface area contributed by atoms with E-state index in [0.717, 1.165) is 25.9 Å². The Bertz CT molecular complexity index is 290. The molecule has 6 heteroatoms. The number of hydrogen-bond acceptors (Lipinski definition) is 3. The number of halogens is 1. The lowest BCUT2D eigenvalue weighted by Gasteiger charge is -2.26. The molecule has 0 bridgehead atoms.